The predicted molar refractivity (Wildman–Crippen MR) is 107 cm³/mol. The lowest BCUT2D eigenvalue weighted by molar-refractivity contribution is -0.116. The Bertz CT molecular complexity index is 745. The van der Waals surface area contributed by atoms with Gasteiger partial charge in [-0.2, -0.15) is 0 Å². The van der Waals surface area contributed by atoms with Crippen LogP contribution >= 0.6 is 0 Å². The number of aryl methyl sites for hydroxylation is 1. The number of hydrogen-bond acceptors (Lipinski definition) is 3. The number of aromatic nitrogens is 1. The number of oxazole rings is 1. The summed E-state index contributed by atoms with van der Waals surface area (Å²) in [6.45, 7) is 4.67. The molecule has 0 radical (unpaired) electrons. The van der Waals surface area contributed by atoms with E-state index in [9.17, 15) is 9.59 Å². The zero-order valence-corrected chi connectivity index (χ0v) is 16.2. The summed E-state index contributed by atoms with van der Waals surface area (Å²) < 4.78 is 6.74. The molecule has 2 aromatic rings. The zero-order chi connectivity index (χ0) is 18.8. The number of nitrogens with one attached hydrogen (secondary N) is 1. The quantitative estimate of drug-likeness (QED) is 0.510. The molecule has 0 saturated carbocycles. The molecule has 5 heteroatoms. The van der Waals surface area contributed by atoms with Gasteiger partial charge in [0.1, 0.15) is 0 Å². The van der Waals surface area contributed by atoms with Crippen LogP contribution in [0.1, 0.15) is 78.1 Å². The molecule has 1 aromatic carbocycles. The van der Waals surface area contributed by atoms with Crippen LogP contribution in [0, 0.1) is 0 Å². The Morgan fingerprint density at radius 2 is 1.65 bits per heavy atom. The summed E-state index contributed by atoms with van der Waals surface area (Å²) in [5.41, 5.74) is 1.98. The second kappa shape index (κ2) is 10.8. The number of hydrogen-bond donors (Lipinski definition) is 1. The summed E-state index contributed by atoms with van der Waals surface area (Å²) in [6.07, 6.45) is 11.7. The molecule has 0 aliphatic heterocycles. The number of amides is 1. The minimum Gasteiger partial charge on any atom is -0.408 e. The lowest BCUT2D eigenvalue weighted by Crippen LogP contribution is -2.13. The zero-order valence-electron chi connectivity index (χ0n) is 16.2. The van der Waals surface area contributed by atoms with Crippen molar-refractivity contribution in [1.82, 2.24) is 4.57 Å². The number of nitrogens with zero attached hydrogens (tertiary/aromatic N) is 1. The Labute approximate surface area is 155 Å². The largest absolute Gasteiger partial charge is 0.419 e. The molecule has 1 aromatic heterocycles. The van der Waals surface area contributed by atoms with Gasteiger partial charge in [0.2, 0.25) is 5.91 Å². The van der Waals surface area contributed by atoms with Crippen molar-refractivity contribution in [3.63, 3.8) is 0 Å². The van der Waals surface area contributed by atoms with Crippen LogP contribution < -0.4 is 11.1 Å². The highest BCUT2D eigenvalue weighted by atomic mass is 16.4. The van der Waals surface area contributed by atoms with Gasteiger partial charge in [0.15, 0.2) is 5.58 Å². The fraction of sp³-hybridized carbons (Fsp3) is 0.619. The average Bonchev–Trinajstić information content (AvgIpc) is 2.94. The van der Waals surface area contributed by atoms with Gasteiger partial charge < -0.3 is 9.73 Å². The summed E-state index contributed by atoms with van der Waals surface area (Å²) in [5, 5.41) is 2.92. The molecule has 5 nitrogen and oxygen atoms in total. The van der Waals surface area contributed by atoms with Gasteiger partial charge in [-0.15, -0.1) is 0 Å². The molecule has 0 fully saturated rings. The van der Waals surface area contributed by atoms with Gasteiger partial charge in [0.05, 0.1) is 5.52 Å². The molecule has 0 atom stereocenters. The molecule has 0 saturated heterocycles. The van der Waals surface area contributed by atoms with Gasteiger partial charge in [-0.3, -0.25) is 9.36 Å². The summed E-state index contributed by atoms with van der Waals surface area (Å²) in [7, 11) is 0. The monoisotopic (exact) mass is 360 g/mol. The van der Waals surface area contributed by atoms with Crippen molar-refractivity contribution in [1.29, 1.82) is 0 Å². The van der Waals surface area contributed by atoms with E-state index in [1.165, 1.54) is 44.9 Å². The molecule has 0 unspecified atom stereocenters. The van der Waals surface area contributed by atoms with E-state index in [-0.39, 0.29) is 11.7 Å². The molecule has 0 aliphatic carbocycles. The first kappa shape index (κ1) is 20.3. The molecule has 0 spiro atoms. The SMILES string of the molecule is CCCCCCCCCCCC(=O)Nc1ccc2oc(=O)n(CC)c2c1. The third-order valence-electron chi connectivity index (χ3n) is 4.77. The van der Waals surface area contributed by atoms with E-state index in [0.29, 0.717) is 24.2 Å². The van der Waals surface area contributed by atoms with E-state index in [2.05, 4.69) is 12.2 Å². The maximum Gasteiger partial charge on any atom is 0.419 e. The van der Waals surface area contributed by atoms with Crippen molar-refractivity contribution >= 4 is 22.7 Å². The van der Waals surface area contributed by atoms with Crippen molar-refractivity contribution in [3.8, 4) is 0 Å². The van der Waals surface area contributed by atoms with Gasteiger partial charge in [0, 0.05) is 18.7 Å². The van der Waals surface area contributed by atoms with Crippen molar-refractivity contribution in [2.45, 2.75) is 84.6 Å². The fourth-order valence-corrected chi connectivity index (χ4v) is 3.26. The second-order valence-corrected chi connectivity index (χ2v) is 6.92. The van der Waals surface area contributed by atoms with E-state index < -0.39 is 0 Å². The summed E-state index contributed by atoms with van der Waals surface area (Å²) in [4.78, 5) is 23.8. The smallest absolute Gasteiger partial charge is 0.408 e. The third kappa shape index (κ3) is 6.04. The summed E-state index contributed by atoms with van der Waals surface area (Å²) in [6, 6.07) is 5.31. The first-order valence-corrected chi connectivity index (χ1v) is 10.1. The molecule has 144 valence electrons. The molecular formula is C21H32N2O3. The Hall–Kier alpha value is -2.04. The Kier molecular flexibility index (Phi) is 8.45. The summed E-state index contributed by atoms with van der Waals surface area (Å²) in [5.74, 6) is -0.332. The van der Waals surface area contributed by atoms with E-state index in [0.717, 1.165) is 18.4 Å². The summed E-state index contributed by atoms with van der Waals surface area (Å²) >= 11 is 0. The molecule has 0 bridgehead atoms. The van der Waals surface area contributed by atoms with Crippen LogP contribution in [0.2, 0.25) is 0 Å². The first-order chi connectivity index (χ1) is 12.7. The maximum absolute atomic E-state index is 12.1. The van der Waals surface area contributed by atoms with Crippen molar-refractivity contribution in [3.05, 3.63) is 28.7 Å². The number of benzene rings is 1. The topological polar surface area (TPSA) is 64.2 Å². The molecular weight excluding hydrogens is 328 g/mol. The van der Waals surface area contributed by atoms with Gasteiger partial charge in [-0.1, -0.05) is 58.3 Å². The minimum absolute atomic E-state index is 0.0289. The predicted octanol–water partition coefficient (Wildman–Crippen LogP) is 5.47. The van der Waals surface area contributed by atoms with E-state index in [1.54, 1.807) is 22.8 Å². The maximum atomic E-state index is 12.1. The lowest BCUT2D eigenvalue weighted by atomic mass is 10.1. The standard InChI is InChI=1S/C21H32N2O3/c1-3-5-6-7-8-9-10-11-12-13-20(24)22-17-14-15-19-18(16-17)23(4-2)21(25)26-19/h14-16H,3-13H2,1-2H3,(H,22,24). The van der Waals surface area contributed by atoms with Crippen LogP contribution in [0.25, 0.3) is 11.1 Å². The fourth-order valence-electron chi connectivity index (χ4n) is 3.26. The number of fused-ring (bicyclic) bond motifs is 1. The van der Waals surface area contributed by atoms with Gasteiger partial charge in [-0.05, 0) is 31.5 Å². The number of rotatable bonds is 12. The van der Waals surface area contributed by atoms with Gasteiger partial charge in [-0.25, -0.2) is 4.79 Å². The van der Waals surface area contributed by atoms with Crippen LogP contribution in [0.15, 0.2) is 27.4 Å². The average molecular weight is 360 g/mol. The highest BCUT2D eigenvalue weighted by molar-refractivity contribution is 5.92. The first-order valence-electron chi connectivity index (χ1n) is 10.1. The van der Waals surface area contributed by atoms with Gasteiger partial charge >= 0.3 is 5.76 Å². The Morgan fingerprint density at radius 1 is 1.00 bits per heavy atom. The molecule has 0 aliphatic rings. The number of anilines is 1. The highest BCUT2D eigenvalue weighted by Crippen LogP contribution is 2.19. The lowest BCUT2D eigenvalue weighted by Gasteiger charge is -2.06. The molecule has 1 N–H and O–H groups in total. The van der Waals surface area contributed by atoms with Crippen LogP contribution in [0.4, 0.5) is 5.69 Å². The normalized spacial score (nSPS) is 11.2. The number of carbonyl (C=O) groups is 1. The van der Waals surface area contributed by atoms with Crippen molar-refractivity contribution in [2.24, 2.45) is 0 Å². The van der Waals surface area contributed by atoms with E-state index in [1.807, 2.05) is 6.92 Å². The molecule has 2 rings (SSSR count). The van der Waals surface area contributed by atoms with Crippen LogP contribution in [0.3, 0.4) is 0 Å². The number of carbonyl (C=O) groups excluding carboxylic acids is 1. The highest BCUT2D eigenvalue weighted by Gasteiger charge is 2.09. The van der Waals surface area contributed by atoms with Crippen molar-refractivity contribution in [2.75, 3.05) is 5.32 Å². The minimum atomic E-state index is -0.360. The van der Waals surface area contributed by atoms with E-state index >= 15 is 0 Å². The van der Waals surface area contributed by atoms with Crippen LogP contribution in [-0.4, -0.2) is 10.5 Å². The van der Waals surface area contributed by atoms with E-state index in [4.69, 9.17) is 4.42 Å². The van der Waals surface area contributed by atoms with Gasteiger partial charge in [0.25, 0.3) is 0 Å². The van der Waals surface area contributed by atoms with Crippen LogP contribution in [0.5, 0.6) is 0 Å². The Morgan fingerprint density at radius 3 is 2.31 bits per heavy atom. The second-order valence-electron chi connectivity index (χ2n) is 6.92. The molecule has 26 heavy (non-hydrogen) atoms. The third-order valence-corrected chi connectivity index (χ3v) is 4.77. The Balaban J connectivity index is 1.69. The number of unbranched alkanes of at least 4 members (excludes halogenated alkanes) is 8. The van der Waals surface area contributed by atoms with Crippen LogP contribution in [-0.2, 0) is 11.3 Å². The van der Waals surface area contributed by atoms with Crippen molar-refractivity contribution < 1.29 is 9.21 Å². The molecule has 1 amide bonds. The molecule has 1 heterocycles.